The summed E-state index contributed by atoms with van der Waals surface area (Å²) in [5, 5.41) is 3.34. The molecule has 1 aromatic rings. The first-order valence-corrected chi connectivity index (χ1v) is 6.73. The molecule has 1 aromatic carbocycles. The lowest BCUT2D eigenvalue weighted by Gasteiger charge is -2.41. The summed E-state index contributed by atoms with van der Waals surface area (Å²) in [6, 6.07) is 9.89. The van der Waals surface area contributed by atoms with E-state index in [1.807, 2.05) is 0 Å². The highest BCUT2D eigenvalue weighted by molar-refractivity contribution is 9.10. The Morgan fingerprint density at radius 3 is 2.44 bits per heavy atom. The van der Waals surface area contributed by atoms with Gasteiger partial charge in [0.25, 0.3) is 0 Å². The predicted molar refractivity (Wildman–Crippen MR) is 71.6 cm³/mol. The number of nitrogens with one attached hydrogen (secondary N) is 1. The van der Waals surface area contributed by atoms with Crippen LogP contribution in [0.25, 0.3) is 0 Å². The Labute approximate surface area is 106 Å². The zero-order valence-electron chi connectivity index (χ0n) is 9.91. The fourth-order valence-corrected chi connectivity index (χ4v) is 2.55. The highest BCUT2D eigenvalue weighted by Gasteiger charge is 2.27. The molecule has 1 atom stereocenters. The number of likely N-dealkylation sites (N-methyl/N-ethyl adjacent to an activating group) is 1. The fraction of sp³-hybridized carbons (Fsp3) is 0.538. The molecular formula is C13H19BrN2. The van der Waals surface area contributed by atoms with Gasteiger partial charge in [-0.1, -0.05) is 35.0 Å². The highest BCUT2D eigenvalue weighted by Crippen LogP contribution is 2.24. The van der Waals surface area contributed by atoms with Crippen LogP contribution in [0.4, 0.5) is 0 Å². The molecule has 0 saturated carbocycles. The quantitative estimate of drug-likeness (QED) is 0.914. The summed E-state index contributed by atoms with van der Waals surface area (Å²) in [4.78, 5) is 2.57. The number of hydrogen-bond donors (Lipinski definition) is 1. The van der Waals surface area contributed by atoms with E-state index in [0.717, 1.165) is 24.1 Å². The van der Waals surface area contributed by atoms with Crippen LogP contribution in [0.5, 0.6) is 0 Å². The molecular weight excluding hydrogens is 264 g/mol. The zero-order chi connectivity index (χ0) is 11.5. The van der Waals surface area contributed by atoms with Crippen LogP contribution in [0.15, 0.2) is 28.7 Å². The van der Waals surface area contributed by atoms with Crippen molar-refractivity contribution in [2.75, 3.05) is 19.6 Å². The van der Waals surface area contributed by atoms with Gasteiger partial charge in [0.2, 0.25) is 0 Å². The van der Waals surface area contributed by atoms with E-state index in [2.05, 4.69) is 64.3 Å². The summed E-state index contributed by atoms with van der Waals surface area (Å²) < 4.78 is 1.15. The summed E-state index contributed by atoms with van der Waals surface area (Å²) >= 11 is 3.48. The maximum absolute atomic E-state index is 3.48. The van der Waals surface area contributed by atoms with Crippen molar-refractivity contribution in [3.8, 4) is 0 Å². The van der Waals surface area contributed by atoms with Crippen LogP contribution in [0.3, 0.4) is 0 Å². The SMILES string of the molecule is CCN(C1CNC1)C(C)c1ccc(Br)cc1. The average Bonchev–Trinajstić information content (AvgIpc) is 2.23. The van der Waals surface area contributed by atoms with Crippen molar-refractivity contribution in [3.63, 3.8) is 0 Å². The molecule has 1 aliphatic heterocycles. The minimum absolute atomic E-state index is 0.505. The maximum Gasteiger partial charge on any atom is 0.0351 e. The van der Waals surface area contributed by atoms with Crippen LogP contribution in [0.1, 0.15) is 25.5 Å². The van der Waals surface area contributed by atoms with Crippen LogP contribution < -0.4 is 5.32 Å². The topological polar surface area (TPSA) is 15.3 Å². The number of halogens is 1. The monoisotopic (exact) mass is 282 g/mol. The largest absolute Gasteiger partial charge is 0.314 e. The lowest BCUT2D eigenvalue weighted by atomic mass is 10.0. The van der Waals surface area contributed by atoms with Crippen LogP contribution >= 0.6 is 15.9 Å². The van der Waals surface area contributed by atoms with Crippen molar-refractivity contribution in [2.45, 2.75) is 25.9 Å². The Hall–Kier alpha value is -0.380. The standard InChI is InChI=1S/C13H19BrN2/c1-3-16(13-8-15-9-13)10(2)11-4-6-12(14)7-5-11/h4-7,10,13,15H,3,8-9H2,1-2H3. The number of rotatable bonds is 4. The van der Waals surface area contributed by atoms with Crippen LogP contribution in [0, 0.1) is 0 Å². The molecule has 0 spiro atoms. The third-order valence-electron chi connectivity index (χ3n) is 3.44. The highest BCUT2D eigenvalue weighted by atomic mass is 79.9. The Morgan fingerprint density at radius 2 is 2.00 bits per heavy atom. The summed E-state index contributed by atoms with van der Waals surface area (Å²) in [6.07, 6.45) is 0. The van der Waals surface area contributed by atoms with E-state index in [-0.39, 0.29) is 0 Å². The third kappa shape index (κ3) is 2.47. The minimum atomic E-state index is 0.505. The number of hydrogen-bond acceptors (Lipinski definition) is 2. The Morgan fingerprint density at radius 1 is 1.38 bits per heavy atom. The first kappa shape index (κ1) is 12.1. The molecule has 16 heavy (non-hydrogen) atoms. The molecule has 1 aliphatic rings. The van der Waals surface area contributed by atoms with Crippen LogP contribution in [0.2, 0.25) is 0 Å². The molecule has 0 amide bonds. The van der Waals surface area contributed by atoms with Gasteiger partial charge < -0.3 is 5.32 Å². The smallest absolute Gasteiger partial charge is 0.0351 e. The van der Waals surface area contributed by atoms with Crippen molar-refractivity contribution in [1.82, 2.24) is 10.2 Å². The molecule has 2 nitrogen and oxygen atoms in total. The second-order valence-corrected chi connectivity index (χ2v) is 5.29. The van der Waals surface area contributed by atoms with Gasteiger partial charge in [-0.05, 0) is 31.2 Å². The number of nitrogens with zero attached hydrogens (tertiary/aromatic N) is 1. The molecule has 3 heteroatoms. The lowest BCUT2D eigenvalue weighted by Crippen LogP contribution is -2.57. The molecule has 88 valence electrons. The molecule has 1 heterocycles. The second-order valence-electron chi connectivity index (χ2n) is 4.37. The predicted octanol–water partition coefficient (Wildman–Crippen LogP) is 2.80. The van der Waals surface area contributed by atoms with Gasteiger partial charge in [0.15, 0.2) is 0 Å². The third-order valence-corrected chi connectivity index (χ3v) is 3.97. The van der Waals surface area contributed by atoms with E-state index >= 15 is 0 Å². The van der Waals surface area contributed by atoms with Gasteiger partial charge in [-0.2, -0.15) is 0 Å². The van der Waals surface area contributed by atoms with E-state index in [0.29, 0.717) is 12.1 Å². The lowest BCUT2D eigenvalue weighted by molar-refractivity contribution is 0.110. The zero-order valence-corrected chi connectivity index (χ0v) is 11.5. The van der Waals surface area contributed by atoms with Gasteiger partial charge >= 0.3 is 0 Å². The molecule has 1 saturated heterocycles. The molecule has 1 N–H and O–H groups in total. The van der Waals surface area contributed by atoms with Gasteiger partial charge in [-0.15, -0.1) is 0 Å². The Bertz CT molecular complexity index is 332. The van der Waals surface area contributed by atoms with Crippen LogP contribution in [-0.4, -0.2) is 30.6 Å². The second kappa shape index (κ2) is 5.30. The van der Waals surface area contributed by atoms with Crippen molar-refractivity contribution in [3.05, 3.63) is 34.3 Å². The summed E-state index contributed by atoms with van der Waals surface area (Å²) in [5.74, 6) is 0. The maximum atomic E-state index is 3.48. The van der Waals surface area contributed by atoms with Crippen molar-refractivity contribution in [1.29, 1.82) is 0 Å². The first-order chi connectivity index (χ1) is 7.72. The van der Waals surface area contributed by atoms with Gasteiger partial charge in [0.05, 0.1) is 0 Å². The van der Waals surface area contributed by atoms with Gasteiger partial charge in [-0.25, -0.2) is 0 Å². The summed E-state index contributed by atoms with van der Waals surface area (Å²) in [6.45, 7) is 7.92. The molecule has 1 fully saturated rings. The van der Waals surface area contributed by atoms with E-state index in [1.54, 1.807) is 0 Å². The fourth-order valence-electron chi connectivity index (χ4n) is 2.29. The van der Waals surface area contributed by atoms with Crippen molar-refractivity contribution >= 4 is 15.9 Å². The normalized spacial score (nSPS) is 18.5. The molecule has 2 rings (SSSR count). The van der Waals surface area contributed by atoms with Crippen molar-refractivity contribution < 1.29 is 0 Å². The summed E-state index contributed by atoms with van der Waals surface area (Å²) in [5.41, 5.74) is 1.40. The Balaban J connectivity index is 2.09. The number of benzene rings is 1. The molecule has 1 unspecified atom stereocenters. The average molecular weight is 283 g/mol. The van der Waals surface area contributed by atoms with Gasteiger partial charge in [0.1, 0.15) is 0 Å². The van der Waals surface area contributed by atoms with E-state index in [9.17, 15) is 0 Å². The first-order valence-electron chi connectivity index (χ1n) is 5.94. The van der Waals surface area contributed by atoms with Gasteiger partial charge in [0, 0.05) is 29.6 Å². The van der Waals surface area contributed by atoms with E-state index in [4.69, 9.17) is 0 Å². The molecule has 0 aromatic heterocycles. The molecule has 0 bridgehead atoms. The van der Waals surface area contributed by atoms with Gasteiger partial charge in [-0.3, -0.25) is 4.90 Å². The van der Waals surface area contributed by atoms with E-state index in [1.165, 1.54) is 5.56 Å². The Kier molecular flexibility index (Phi) is 4.00. The molecule has 0 aliphatic carbocycles. The summed E-state index contributed by atoms with van der Waals surface area (Å²) in [7, 11) is 0. The van der Waals surface area contributed by atoms with E-state index < -0.39 is 0 Å². The molecule has 0 radical (unpaired) electrons. The van der Waals surface area contributed by atoms with Crippen LogP contribution in [-0.2, 0) is 0 Å². The van der Waals surface area contributed by atoms with Crippen molar-refractivity contribution in [2.24, 2.45) is 0 Å². The minimum Gasteiger partial charge on any atom is -0.314 e.